The van der Waals surface area contributed by atoms with Gasteiger partial charge in [0.2, 0.25) is 0 Å². The zero-order chi connectivity index (χ0) is 24.2. The number of hydrogen-bond acceptors (Lipinski definition) is 5. The molecule has 9 heteroatoms. The van der Waals surface area contributed by atoms with E-state index in [1.54, 1.807) is 19.2 Å². The third-order valence-corrected chi connectivity index (χ3v) is 5.25. The van der Waals surface area contributed by atoms with Gasteiger partial charge in [-0.15, -0.1) is 0 Å². The number of alkyl halides is 3. The van der Waals surface area contributed by atoms with Gasteiger partial charge in [0.05, 0.1) is 18.4 Å². The number of ketones is 1. The molecule has 1 unspecified atom stereocenters. The van der Waals surface area contributed by atoms with Crippen molar-refractivity contribution in [3.63, 3.8) is 0 Å². The number of carbonyl (C=O) groups is 2. The van der Waals surface area contributed by atoms with Crippen LogP contribution in [0, 0.1) is 6.92 Å². The van der Waals surface area contributed by atoms with E-state index in [4.69, 9.17) is 9.47 Å². The summed E-state index contributed by atoms with van der Waals surface area (Å²) >= 11 is 0. The number of aromatic amines is 1. The van der Waals surface area contributed by atoms with E-state index >= 15 is 0 Å². The molecule has 1 aromatic heterocycles. The fourth-order valence-electron chi connectivity index (χ4n) is 3.65. The topological polar surface area (TPSA) is 81.3 Å². The molecule has 0 spiro atoms. The number of ether oxygens (including phenoxy) is 2. The van der Waals surface area contributed by atoms with E-state index in [1.165, 1.54) is 44.4 Å². The molecular formula is C24H23F3N2O4. The molecule has 3 aromatic rings. The van der Waals surface area contributed by atoms with Crippen LogP contribution >= 0.6 is 0 Å². The minimum atomic E-state index is -4.53. The molecule has 0 saturated heterocycles. The first kappa shape index (κ1) is 24.0. The number of carbonyl (C=O) groups excluding carboxylic acids is 2. The number of hydrogen-bond donors (Lipinski definition) is 1. The van der Waals surface area contributed by atoms with Gasteiger partial charge in [-0.05, 0) is 37.6 Å². The van der Waals surface area contributed by atoms with Crippen molar-refractivity contribution in [3.05, 3.63) is 82.2 Å². The summed E-state index contributed by atoms with van der Waals surface area (Å²) in [6, 6.07) is 9.79. The molecule has 0 aliphatic rings. The normalized spacial score (nSPS) is 12.3. The number of aryl methyl sites for hydroxylation is 1. The number of Topliss-reactive ketones (excluding diaryl/α,β-unsaturated/α-hetero) is 1. The van der Waals surface area contributed by atoms with E-state index in [1.807, 2.05) is 0 Å². The molecule has 6 nitrogen and oxygen atoms in total. The predicted octanol–water partition coefficient (Wildman–Crippen LogP) is 5.21. The Morgan fingerprint density at radius 1 is 1.15 bits per heavy atom. The number of halogens is 3. The van der Waals surface area contributed by atoms with Gasteiger partial charge in [-0.25, -0.2) is 4.79 Å². The fraction of sp³-hybridized carbons (Fsp3) is 0.292. The molecule has 174 valence electrons. The van der Waals surface area contributed by atoms with E-state index in [0.717, 1.165) is 11.6 Å². The highest BCUT2D eigenvalue weighted by Crippen LogP contribution is 2.35. The zero-order valence-electron chi connectivity index (χ0n) is 18.3. The summed E-state index contributed by atoms with van der Waals surface area (Å²) in [6.07, 6.45) is -2.66. The lowest BCUT2D eigenvalue weighted by atomic mass is 9.86. The van der Waals surface area contributed by atoms with Crippen LogP contribution < -0.4 is 4.74 Å². The van der Waals surface area contributed by atoms with Crippen molar-refractivity contribution < 1.29 is 32.2 Å². The molecule has 0 fully saturated rings. The monoisotopic (exact) mass is 460 g/mol. The molecule has 0 saturated carbocycles. The Morgan fingerprint density at radius 2 is 1.88 bits per heavy atom. The molecule has 1 heterocycles. The molecular weight excluding hydrogens is 437 g/mol. The van der Waals surface area contributed by atoms with Crippen LogP contribution in [-0.2, 0) is 22.3 Å². The third-order valence-electron chi connectivity index (χ3n) is 5.25. The maximum Gasteiger partial charge on any atom is 0.416 e. The minimum absolute atomic E-state index is 0.0502. The van der Waals surface area contributed by atoms with Crippen molar-refractivity contribution in [1.82, 2.24) is 10.2 Å². The van der Waals surface area contributed by atoms with E-state index in [2.05, 4.69) is 10.2 Å². The Kier molecular flexibility index (Phi) is 7.20. The van der Waals surface area contributed by atoms with Gasteiger partial charge in [0.25, 0.3) is 0 Å². The van der Waals surface area contributed by atoms with Crippen molar-refractivity contribution in [1.29, 1.82) is 0 Å². The van der Waals surface area contributed by atoms with Gasteiger partial charge in [0, 0.05) is 29.7 Å². The van der Waals surface area contributed by atoms with Crippen LogP contribution in [0.1, 0.15) is 57.6 Å². The van der Waals surface area contributed by atoms with Crippen LogP contribution in [0.25, 0.3) is 0 Å². The van der Waals surface area contributed by atoms with Crippen molar-refractivity contribution in [2.24, 2.45) is 0 Å². The SMILES string of the molecule is COC(=O)c1cc(C(CC(C)=O)c2c[nH]nc2C)ccc1OCc1ccccc1C(F)(F)F. The van der Waals surface area contributed by atoms with Crippen molar-refractivity contribution in [3.8, 4) is 5.75 Å². The Morgan fingerprint density at radius 3 is 2.48 bits per heavy atom. The number of H-pyrrole nitrogens is 1. The third kappa shape index (κ3) is 5.60. The average Bonchev–Trinajstić information content (AvgIpc) is 3.20. The van der Waals surface area contributed by atoms with Crippen molar-refractivity contribution >= 4 is 11.8 Å². The summed E-state index contributed by atoms with van der Waals surface area (Å²) in [5.74, 6) is -1.05. The van der Waals surface area contributed by atoms with Crippen LogP contribution in [0.2, 0.25) is 0 Å². The summed E-state index contributed by atoms with van der Waals surface area (Å²) in [5, 5.41) is 6.88. The van der Waals surface area contributed by atoms with Crippen molar-refractivity contribution in [2.75, 3.05) is 7.11 Å². The number of esters is 1. The molecule has 2 aromatic carbocycles. The van der Waals surface area contributed by atoms with E-state index in [0.29, 0.717) is 11.3 Å². The number of benzene rings is 2. The molecule has 0 bridgehead atoms. The first-order valence-electron chi connectivity index (χ1n) is 10.1. The maximum absolute atomic E-state index is 13.3. The lowest BCUT2D eigenvalue weighted by Crippen LogP contribution is -2.13. The molecule has 0 radical (unpaired) electrons. The van der Waals surface area contributed by atoms with Crippen LogP contribution in [-0.4, -0.2) is 29.1 Å². The minimum Gasteiger partial charge on any atom is -0.488 e. The summed E-state index contributed by atoms with van der Waals surface area (Å²) in [4.78, 5) is 24.4. The highest BCUT2D eigenvalue weighted by molar-refractivity contribution is 5.92. The Labute approximate surface area is 188 Å². The molecule has 3 rings (SSSR count). The Balaban J connectivity index is 1.97. The fourth-order valence-corrected chi connectivity index (χ4v) is 3.65. The maximum atomic E-state index is 13.3. The average molecular weight is 460 g/mol. The standard InChI is InChI=1S/C24H23F3N2O4/c1-14(30)10-18(20-12-28-29-15(20)2)16-8-9-22(19(11-16)23(31)32-3)33-13-17-6-4-5-7-21(17)24(25,26)27/h4-9,11-12,18H,10,13H2,1-3H3,(H,28,29). The molecule has 0 aliphatic heterocycles. The largest absolute Gasteiger partial charge is 0.488 e. The molecule has 1 atom stereocenters. The number of nitrogens with one attached hydrogen (secondary N) is 1. The number of aromatic nitrogens is 2. The second-order valence-corrected chi connectivity index (χ2v) is 7.58. The quantitative estimate of drug-likeness (QED) is 0.467. The van der Waals surface area contributed by atoms with Crippen LogP contribution in [0.4, 0.5) is 13.2 Å². The lowest BCUT2D eigenvalue weighted by Gasteiger charge is -2.19. The van der Waals surface area contributed by atoms with Crippen molar-refractivity contribution in [2.45, 2.75) is 39.0 Å². The van der Waals surface area contributed by atoms with Gasteiger partial charge in [0.1, 0.15) is 23.7 Å². The van der Waals surface area contributed by atoms with Crippen LogP contribution in [0.15, 0.2) is 48.7 Å². The van der Waals surface area contributed by atoms with E-state index < -0.39 is 24.3 Å². The first-order chi connectivity index (χ1) is 15.6. The second kappa shape index (κ2) is 9.89. The summed E-state index contributed by atoms with van der Waals surface area (Å²) in [7, 11) is 1.20. The van der Waals surface area contributed by atoms with Gasteiger partial charge in [-0.2, -0.15) is 18.3 Å². The van der Waals surface area contributed by atoms with Gasteiger partial charge in [-0.1, -0.05) is 24.3 Å². The first-order valence-corrected chi connectivity index (χ1v) is 10.1. The van der Waals surface area contributed by atoms with Gasteiger partial charge < -0.3 is 9.47 Å². The van der Waals surface area contributed by atoms with E-state index in [9.17, 15) is 22.8 Å². The van der Waals surface area contributed by atoms with Crippen LogP contribution in [0.3, 0.4) is 0 Å². The zero-order valence-corrected chi connectivity index (χ0v) is 18.3. The molecule has 0 aliphatic carbocycles. The van der Waals surface area contributed by atoms with Crippen LogP contribution in [0.5, 0.6) is 5.75 Å². The molecule has 0 amide bonds. The number of rotatable bonds is 8. The van der Waals surface area contributed by atoms with Gasteiger partial charge in [0.15, 0.2) is 0 Å². The summed E-state index contributed by atoms with van der Waals surface area (Å²) < 4.78 is 50.3. The summed E-state index contributed by atoms with van der Waals surface area (Å²) in [5.41, 5.74) is 1.35. The molecule has 1 N–H and O–H groups in total. The van der Waals surface area contributed by atoms with Gasteiger partial charge in [-0.3, -0.25) is 9.89 Å². The number of methoxy groups -OCH3 is 1. The second-order valence-electron chi connectivity index (χ2n) is 7.58. The Hall–Kier alpha value is -3.62. The Bertz CT molecular complexity index is 1150. The van der Waals surface area contributed by atoms with Gasteiger partial charge >= 0.3 is 12.1 Å². The highest BCUT2D eigenvalue weighted by atomic mass is 19.4. The lowest BCUT2D eigenvalue weighted by molar-refractivity contribution is -0.138. The van der Waals surface area contributed by atoms with E-state index in [-0.39, 0.29) is 35.0 Å². The predicted molar refractivity (Wildman–Crippen MR) is 114 cm³/mol. The molecule has 33 heavy (non-hydrogen) atoms. The number of nitrogens with zero attached hydrogens (tertiary/aromatic N) is 1. The smallest absolute Gasteiger partial charge is 0.416 e. The highest BCUT2D eigenvalue weighted by Gasteiger charge is 2.33. The summed E-state index contributed by atoms with van der Waals surface area (Å²) in [6.45, 7) is 2.88.